The highest BCUT2D eigenvalue weighted by Gasteiger charge is 2.27. The average Bonchev–Trinajstić information content (AvgIpc) is 2.33. The van der Waals surface area contributed by atoms with E-state index in [-0.39, 0.29) is 16.3 Å². The van der Waals surface area contributed by atoms with Crippen LogP contribution in [0.25, 0.3) is 0 Å². The van der Waals surface area contributed by atoms with Crippen molar-refractivity contribution in [1.29, 1.82) is 0 Å². The number of hydrogen-bond donors (Lipinski definition) is 0. The second kappa shape index (κ2) is 7.10. The summed E-state index contributed by atoms with van der Waals surface area (Å²) in [7, 11) is 0. The quantitative estimate of drug-likeness (QED) is 0.559. The molecule has 4 heteroatoms. The van der Waals surface area contributed by atoms with E-state index in [1.165, 1.54) is 6.07 Å². The highest BCUT2D eigenvalue weighted by molar-refractivity contribution is 9.09. The highest BCUT2D eigenvalue weighted by atomic mass is 79.9. The van der Waals surface area contributed by atoms with Crippen molar-refractivity contribution in [1.82, 2.24) is 0 Å². The zero-order chi connectivity index (χ0) is 12.9. The molecule has 0 aliphatic rings. The number of benzene rings is 1. The lowest BCUT2D eigenvalue weighted by molar-refractivity contribution is 0.351. The van der Waals surface area contributed by atoms with Crippen molar-refractivity contribution in [3.63, 3.8) is 0 Å². The lowest BCUT2D eigenvalue weighted by Crippen LogP contribution is -2.27. The molecule has 0 radical (unpaired) electrons. The third kappa shape index (κ3) is 4.22. The van der Waals surface area contributed by atoms with Crippen molar-refractivity contribution in [2.24, 2.45) is 5.41 Å². The molecule has 1 aromatic rings. The Labute approximate surface area is 124 Å². The lowest BCUT2D eigenvalue weighted by atomic mass is 9.82. The van der Waals surface area contributed by atoms with Gasteiger partial charge in [0.05, 0.1) is 5.02 Å². The van der Waals surface area contributed by atoms with Gasteiger partial charge in [0.2, 0.25) is 0 Å². The Kier molecular flexibility index (Phi) is 6.46. The molecule has 0 nitrogen and oxygen atoms in total. The summed E-state index contributed by atoms with van der Waals surface area (Å²) in [6.45, 7) is 2.18. The molecular weight excluding hydrogens is 370 g/mol. The van der Waals surface area contributed by atoms with E-state index < -0.39 is 0 Å². The van der Waals surface area contributed by atoms with Gasteiger partial charge in [-0.2, -0.15) is 0 Å². The minimum atomic E-state index is -0.353. The van der Waals surface area contributed by atoms with Gasteiger partial charge in [0.1, 0.15) is 5.82 Å². The van der Waals surface area contributed by atoms with Crippen LogP contribution in [-0.4, -0.2) is 10.7 Å². The Bertz CT molecular complexity index is 364. The van der Waals surface area contributed by atoms with Crippen LogP contribution >= 0.6 is 43.5 Å². The van der Waals surface area contributed by atoms with E-state index in [0.717, 1.165) is 35.5 Å². The van der Waals surface area contributed by atoms with E-state index in [4.69, 9.17) is 11.6 Å². The van der Waals surface area contributed by atoms with Crippen LogP contribution in [0.3, 0.4) is 0 Å². The van der Waals surface area contributed by atoms with E-state index in [2.05, 4.69) is 38.8 Å². The molecule has 0 aliphatic heterocycles. The monoisotopic (exact) mass is 384 g/mol. The summed E-state index contributed by atoms with van der Waals surface area (Å²) in [5, 5.41) is 2.05. The molecule has 0 spiro atoms. The van der Waals surface area contributed by atoms with Gasteiger partial charge < -0.3 is 0 Å². The van der Waals surface area contributed by atoms with Crippen LogP contribution in [0.4, 0.5) is 4.39 Å². The van der Waals surface area contributed by atoms with Gasteiger partial charge in [-0.3, -0.25) is 0 Å². The molecule has 17 heavy (non-hydrogen) atoms. The van der Waals surface area contributed by atoms with Crippen LogP contribution in [-0.2, 0) is 6.42 Å². The first kappa shape index (κ1) is 15.5. The highest BCUT2D eigenvalue weighted by Crippen LogP contribution is 2.34. The maximum absolute atomic E-state index is 13.1. The maximum Gasteiger partial charge on any atom is 0.141 e. The Morgan fingerprint density at radius 1 is 1.29 bits per heavy atom. The van der Waals surface area contributed by atoms with Gasteiger partial charge in [-0.15, -0.1) is 0 Å². The summed E-state index contributed by atoms with van der Waals surface area (Å²) in [4.78, 5) is 0. The summed E-state index contributed by atoms with van der Waals surface area (Å²) >= 11 is 13.0. The summed E-state index contributed by atoms with van der Waals surface area (Å²) in [6.07, 6.45) is 3.15. The zero-order valence-corrected chi connectivity index (χ0v) is 13.7. The summed E-state index contributed by atoms with van der Waals surface area (Å²) in [5.74, 6) is -0.353. The predicted octanol–water partition coefficient (Wildman–Crippen LogP) is 5.60. The summed E-state index contributed by atoms with van der Waals surface area (Å²) in [5.41, 5.74) is 1.26. The second-order valence-corrected chi connectivity index (χ2v) is 5.97. The molecule has 1 rings (SSSR count). The molecular formula is C13H16Br2ClF. The minimum Gasteiger partial charge on any atom is -0.205 e. The fraction of sp³-hybridized carbons (Fsp3) is 0.538. The molecule has 96 valence electrons. The molecule has 0 bridgehead atoms. The predicted molar refractivity (Wildman–Crippen MR) is 80.0 cm³/mol. The molecule has 0 amide bonds. The smallest absolute Gasteiger partial charge is 0.141 e. The van der Waals surface area contributed by atoms with Gasteiger partial charge in [0.15, 0.2) is 0 Å². The third-order valence-electron chi connectivity index (χ3n) is 2.91. The fourth-order valence-electron chi connectivity index (χ4n) is 1.97. The lowest BCUT2D eigenvalue weighted by Gasteiger charge is -2.30. The van der Waals surface area contributed by atoms with Crippen LogP contribution in [0, 0.1) is 11.2 Å². The molecule has 1 aromatic carbocycles. The van der Waals surface area contributed by atoms with E-state index in [1.807, 2.05) is 6.07 Å². The van der Waals surface area contributed by atoms with Gasteiger partial charge >= 0.3 is 0 Å². The molecule has 0 fully saturated rings. The molecule has 0 unspecified atom stereocenters. The maximum atomic E-state index is 13.1. The van der Waals surface area contributed by atoms with Crippen LogP contribution in [0.2, 0.25) is 5.02 Å². The van der Waals surface area contributed by atoms with Gasteiger partial charge in [0.25, 0.3) is 0 Å². The first-order chi connectivity index (χ1) is 8.06. The number of hydrogen-bond acceptors (Lipinski definition) is 0. The van der Waals surface area contributed by atoms with Crippen molar-refractivity contribution in [3.8, 4) is 0 Å². The molecule has 0 N–H and O–H groups in total. The van der Waals surface area contributed by atoms with Crippen molar-refractivity contribution in [2.75, 3.05) is 10.7 Å². The third-order valence-corrected chi connectivity index (χ3v) is 5.58. The minimum absolute atomic E-state index is 0.176. The normalized spacial score (nSPS) is 11.8. The molecule has 0 saturated carbocycles. The Hall–Kier alpha value is 0.400. The molecule has 0 aromatic heterocycles. The number of rotatable bonds is 6. The van der Waals surface area contributed by atoms with Gasteiger partial charge in [-0.1, -0.05) is 62.9 Å². The van der Waals surface area contributed by atoms with E-state index in [9.17, 15) is 4.39 Å². The Balaban J connectivity index is 2.89. The summed E-state index contributed by atoms with van der Waals surface area (Å²) < 4.78 is 13.1. The molecule has 0 heterocycles. The van der Waals surface area contributed by atoms with Crippen LogP contribution in [0.5, 0.6) is 0 Å². The molecule has 0 atom stereocenters. The van der Waals surface area contributed by atoms with Gasteiger partial charge in [0, 0.05) is 10.7 Å². The largest absolute Gasteiger partial charge is 0.205 e. The van der Waals surface area contributed by atoms with Crippen molar-refractivity contribution in [2.45, 2.75) is 26.2 Å². The molecule has 0 saturated heterocycles. The van der Waals surface area contributed by atoms with Crippen LogP contribution in [0.1, 0.15) is 25.3 Å². The molecule has 0 aliphatic carbocycles. The second-order valence-electron chi connectivity index (χ2n) is 4.44. The topological polar surface area (TPSA) is 0 Å². The average molecular weight is 387 g/mol. The number of halogens is 4. The summed E-state index contributed by atoms with van der Waals surface area (Å²) in [6, 6.07) is 4.99. The van der Waals surface area contributed by atoms with Crippen molar-refractivity contribution in [3.05, 3.63) is 34.6 Å². The van der Waals surface area contributed by atoms with E-state index in [0.29, 0.717) is 0 Å². The standard InChI is InChI=1S/C13H16Br2ClF/c1-2-5-13(8-14,9-15)7-10-3-4-12(17)11(16)6-10/h3-4,6H,2,5,7-9H2,1H3. The first-order valence-electron chi connectivity index (χ1n) is 5.63. The van der Waals surface area contributed by atoms with Gasteiger partial charge in [-0.05, 0) is 36.0 Å². The van der Waals surface area contributed by atoms with E-state index >= 15 is 0 Å². The zero-order valence-electron chi connectivity index (χ0n) is 9.78. The SMILES string of the molecule is CCCC(CBr)(CBr)Cc1ccc(F)c(Cl)c1. The van der Waals surface area contributed by atoms with Gasteiger partial charge in [-0.25, -0.2) is 4.39 Å². The van der Waals surface area contributed by atoms with Crippen LogP contribution in [0.15, 0.2) is 18.2 Å². The first-order valence-corrected chi connectivity index (χ1v) is 8.25. The van der Waals surface area contributed by atoms with Crippen molar-refractivity contribution >= 4 is 43.5 Å². The van der Waals surface area contributed by atoms with Crippen molar-refractivity contribution < 1.29 is 4.39 Å². The number of alkyl halides is 2. The Morgan fingerprint density at radius 2 is 1.94 bits per heavy atom. The van der Waals surface area contributed by atoms with Crippen LogP contribution < -0.4 is 0 Å². The Morgan fingerprint density at radius 3 is 2.41 bits per heavy atom. The fourth-order valence-corrected chi connectivity index (χ4v) is 4.05. The van der Waals surface area contributed by atoms with E-state index in [1.54, 1.807) is 6.07 Å².